The Morgan fingerprint density at radius 2 is 0.824 bits per heavy atom. The summed E-state index contributed by atoms with van der Waals surface area (Å²) in [5.41, 5.74) is -0.0396. The molecule has 1 aromatic heterocycles. The second-order valence-electron chi connectivity index (χ2n) is 16.2. The number of hydrogen-bond acceptors (Lipinski definition) is 6. The van der Waals surface area contributed by atoms with Gasteiger partial charge in [0.05, 0.1) is 5.39 Å². The van der Waals surface area contributed by atoms with Gasteiger partial charge < -0.3 is 18.7 Å². The van der Waals surface area contributed by atoms with Gasteiger partial charge in [-0.05, 0) is 34.4 Å². The van der Waals surface area contributed by atoms with Crippen LogP contribution in [-0.2, 0) is 14.5 Å². The van der Waals surface area contributed by atoms with Crippen molar-refractivity contribution < 1.29 is 86.0 Å². The summed E-state index contributed by atoms with van der Waals surface area (Å²) in [7, 11) is -5.55. The van der Waals surface area contributed by atoms with Gasteiger partial charge in [-0.1, -0.05) is 220 Å². The number of ketones is 1. The summed E-state index contributed by atoms with van der Waals surface area (Å²) in [6.07, 6.45) is -5.30. The molecule has 1 aliphatic carbocycles. The van der Waals surface area contributed by atoms with E-state index in [4.69, 9.17) is 4.42 Å². The largest absolute Gasteiger partial charge is 0.506 e. The first-order chi connectivity index (χ1) is 32.2. The zero-order chi connectivity index (χ0) is 47.4. The average molecular weight is 1080 g/mol. The van der Waals surface area contributed by atoms with Crippen molar-refractivity contribution in [1.82, 2.24) is 0 Å². The zero-order valence-electron chi connectivity index (χ0n) is 36.7. The fourth-order valence-corrected chi connectivity index (χ4v) is 13.8. The Kier molecular flexibility index (Phi) is 15.4. The molecule has 0 bridgehead atoms. The van der Waals surface area contributed by atoms with Gasteiger partial charge in [0.2, 0.25) is 0 Å². The molecular formula is C56H43EuF3O6P2. The topological polar surface area (TPSA) is 102 Å². The third-order valence-electron chi connectivity index (χ3n) is 11.8. The van der Waals surface area contributed by atoms with E-state index in [9.17, 15) is 37.0 Å². The number of halogens is 3. The molecule has 1 heterocycles. The summed E-state index contributed by atoms with van der Waals surface area (Å²) >= 11 is 0. The predicted octanol–water partition coefficient (Wildman–Crippen LogP) is 11.2. The van der Waals surface area contributed by atoms with Crippen LogP contribution in [0.1, 0.15) is 35.3 Å². The number of carbonyl (C=O) groups excluding carboxylic acids is 1. The molecule has 0 spiro atoms. The first-order valence-electron chi connectivity index (χ1n) is 21.3. The molecule has 12 heteroatoms. The molecule has 6 nitrogen and oxygen atoms in total. The number of alkyl halides is 3. The van der Waals surface area contributed by atoms with Crippen LogP contribution in [0.2, 0.25) is 0 Å². The van der Waals surface area contributed by atoms with Crippen LogP contribution in [0.15, 0.2) is 228 Å². The van der Waals surface area contributed by atoms with Crippen molar-refractivity contribution in [1.29, 1.82) is 0 Å². The van der Waals surface area contributed by atoms with Crippen molar-refractivity contribution >= 4 is 62.9 Å². The molecule has 0 atom stereocenters. The smallest absolute Gasteiger partial charge is 0.455 e. The minimum Gasteiger partial charge on any atom is -0.506 e. The number of Topliss-reactive ketones (excluding diaryl/α,β-unsaturated/α-hetero) is 1. The van der Waals surface area contributed by atoms with Crippen molar-refractivity contribution in [3.63, 3.8) is 0 Å². The predicted molar refractivity (Wildman–Crippen MR) is 264 cm³/mol. The summed E-state index contributed by atoms with van der Waals surface area (Å²) in [5.74, 6) is -3.45. The first-order valence-corrected chi connectivity index (χ1v) is 24.7. The van der Waals surface area contributed by atoms with E-state index < -0.39 is 48.6 Å². The molecule has 1 radical (unpaired) electrons. The van der Waals surface area contributed by atoms with Gasteiger partial charge in [0.25, 0.3) is 5.78 Å². The Morgan fingerprint density at radius 3 is 1.16 bits per heavy atom. The second kappa shape index (κ2) is 20.9. The molecule has 0 saturated heterocycles. The number of aromatic hydroxyl groups is 1. The van der Waals surface area contributed by atoms with Crippen molar-refractivity contribution in [2.75, 3.05) is 0 Å². The van der Waals surface area contributed by atoms with E-state index >= 15 is 0 Å². The van der Waals surface area contributed by atoms with E-state index in [0.717, 1.165) is 54.1 Å². The molecule has 0 fully saturated rings. The van der Waals surface area contributed by atoms with Crippen LogP contribution in [0, 0.1) is 49.4 Å². The monoisotopic (exact) mass is 1080 g/mol. The summed E-state index contributed by atoms with van der Waals surface area (Å²) in [4.78, 5) is 23.5. The van der Waals surface area contributed by atoms with Gasteiger partial charge in [0.1, 0.15) is 11.3 Å². The average Bonchev–Trinajstić information content (AvgIpc) is 3.59. The Balaban J connectivity index is 0.000000152. The SMILES string of the molecule is CC1(C)c2ccccc2-c2cc3oc(=O)c(C(=O)C(F)(F)F)c(O)c3cc21.O=P(c1ccccc1)(c1ccccc1)c1ccccc1.O=P(c1ccccc1)(c1ccccc1)c1ccccc1.[Eu]. The minimum atomic E-state index is -5.30. The van der Waals surface area contributed by atoms with Crippen LogP contribution in [0.3, 0.4) is 0 Å². The molecule has 68 heavy (non-hydrogen) atoms. The standard InChI is InChI=1S/C20H13F3O4.2C18H15OP.Eu/c1-19(2)12-6-4-3-5-9(12)10-8-14-11(7-13(10)19)16(24)15(18(26)27-14)17(25)20(21,22)23;2*19-20(16-10-4-1-5-11-16,17-12-6-2-7-13-17)18-14-8-3-9-15-18;/h3-8,24H,1-2H3;2*1-15H;. The molecule has 0 aliphatic heterocycles. The summed E-state index contributed by atoms with van der Waals surface area (Å²) in [6, 6.07) is 68.9. The number of carbonyl (C=O) groups is 1. The quantitative estimate of drug-likeness (QED) is 0.0969. The fraction of sp³-hybridized carbons (Fsp3) is 0.0714. The maximum atomic E-state index is 13.8. The molecule has 341 valence electrons. The fourth-order valence-electron chi connectivity index (χ4n) is 8.44. The molecule has 8 aromatic carbocycles. The zero-order valence-corrected chi connectivity index (χ0v) is 40.9. The molecule has 1 aliphatic rings. The van der Waals surface area contributed by atoms with E-state index in [-0.39, 0.29) is 60.3 Å². The Hall–Kier alpha value is -5.73. The Labute approximate surface area is 432 Å². The van der Waals surface area contributed by atoms with Crippen LogP contribution in [-0.4, -0.2) is 17.1 Å². The van der Waals surface area contributed by atoms with E-state index in [1.165, 1.54) is 12.1 Å². The molecule has 9 aromatic rings. The van der Waals surface area contributed by atoms with E-state index in [0.29, 0.717) is 0 Å². The van der Waals surface area contributed by atoms with Crippen LogP contribution >= 0.6 is 14.3 Å². The van der Waals surface area contributed by atoms with Crippen LogP contribution < -0.4 is 37.5 Å². The van der Waals surface area contributed by atoms with Crippen molar-refractivity contribution in [3.8, 4) is 16.9 Å². The van der Waals surface area contributed by atoms with Gasteiger partial charge in [-0.25, -0.2) is 4.79 Å². The molecule has 1 N–H and O–H groups in total. The normalized spacial score (nSPS) is 12.5. The number of benzene rings is 8. The van der Waals surface area contributed by atoms with E-state index in [1.807, 2.05) is 220 Å². The van der Waals surface area contributed by atoms with Gasteiger partial charge in [-0.3, -0.25) is 4.79 Å². The van der Waals surface area contributed by atoms with Crippen molar-refractivity contribution in [2.45, 2.75) is 25.4 Å². The van der Waals surface area contributed by atoms with E-state index in [2.05, 4.69) is 0 Å². The van der Waals surface area contributed by atoms with Gasteiger partial charge in [0, 0.05) is 86.6 Å². The van der Waals surface area contributed by atoms with Crippen molar-refractivity contribution in [3.05, 3.63) is 245 Å². The van der Waals surface area contributed by atoms with Gasteiger partial charge in [0.15, 0.2) is 19.8 Å². The number of hydrogen-bond donors (Lipinski definition) is 1. The molecular weight excluding hydrogens is 1040 g/mol. The van der Waals surface area contributed by atoms with Crippen LogP contribution in [0.4, 0.5) is 13.2 Å². The Bertz CT molecular complexity index is 3010. The summed E-state index contributed by atoms with van der Waals surface area (Å²) in [6.45, 7) is 3.89. The van der Waals surface area contributed by atoms with Gasteiger partial charge >= 0.3 is 11.8 Å². The molecule has 0 unspecified atom stereocenters. The summed E-state index contributed by atoms with van der Waals surface area (Å²) in [5, 5.41) is 15.4. The maximum absolute atomic E-state index is 13.8. The second-order valence-corrected chi connectivity index (χ2v) is 21.8. The van der Waals surface area contributed by atoms with Crippen LogP contribution in [0.25, 0.3) is 22.1 Å². The third-order valence-corrected chi connectivity index (χ3v) is 17.9. The van der Waals surface area contributed by atoms with Gasteiger partial charge in [-0.2, -0.15) is 13.2 Å². The van der Waals surface area contributed by atoms with Crippen molar-refractivity contribution in [2.24, 2.45) is 0 Å². The molecule has 10 rings (SSSR count). The minimum absolute atomic E-state index is 0. The number of rotatable bonds is 7. The molecule has 0 amide bonds. The molecule has 0 saturated carbocycles. The van der Waals surface area contributed by atoms with Crippen LogP contribution in [0.5, 0.6) is 5.75 Å². The van der Waals surface area contributed by atoms with E-state index in [1.54, 1.807) is 0 Å². The van der Waals surface area contributed by atoms with Gasteiger partial charge in [-0.15, -0.1) is 0 Å². The first kappa shape index (κ1) is 50.2. The maximum Gasteiger partial charge on any atom is 0.455 e. The Morgan fingerprint density at radius 1 is 0.500 bits per heavy atom. The third kappa shape index (κ3) is 9.76. The summed E-state index contributed by atoms with van der Waals surface area (Å²) < 4.78 is 70.9. The number of fused-ring (bicyclic) bond motifs is 4.